The Morgan fingerprint density at radius 1 is 1.20 bits per heavy atom. The fourth-order valence-corrected chi connectivity index (χ4v) is 3.88. The molecule has 0 radical (unpaired) electrons. The van der Waals surface area contributed by atoms with Crippen molar-refractivity contribution in [3.05, 3.63) is 62.4 Å². The molecule has 0 saturated heterocycles. The van der Waals surface area contributed by atoms with E-state index in [9.17, 15) is 0 Å². The topological polar surface area (TPSA) is 38.9 Å². The predicted octanol–water partition coefficient (Wildman–Crippen LogP) is 4.85. The lowest BCUT2D eigenvalue weighted by molar-refractivity contribution is 0.728. The third kappa shape index (κ3) is 2.67. The van der Waals surface area contributed by atoms with Crippen LogP contribution in [0.3, 0.4) is 0 Å². The molecule has 2 nitrogen and oxygen atoms in total. The first kappa shape index (κ1) is 13.8. The number of hydrogen-bond donors (Lipinski definition) is 1. The minimum Gasteiger partial charge on any atom is -0.324 e. The molecule has 3 rings (SSSR count). The molecule has 2 heterocycles. The van der Waals surface area contributed by atoms with Crippen LogP contribution >= 0.6 is 34.5 Å². The van der Waals surface area contributed by atoms with Gasteiger partial charge < -0.3 is 5.73 Å². The summed E-state index contributed by atoms with van der Waals surface area (Å²) in [6, 6.07) is 11.7. The molecule has 1 aromatic carbocycles. The fraction of sp³-hybridized carbons (Fsp3) is 0.133. The van der Waals surface area contributed by atoms with E-state index in [2.05, 4.69) is 11.1 Å². The molecule has 102 valence electrons. The van der Waals surface area contributed by atoms with E-state index in [4.69, 9.17) is 28.9 Å². The molecule has 0 spiro atoms. The van der Waals surface area contributed by atoms with Gasteiger partial charge in [-0.2, -0.15) is 0 Å². The number of fused-ring (bicyclic) bond motifs is 1. The third-order valence-corrected chi connectivity index (χ3v) is 4.78. The standard InChI is InChI=1S/C15H12Cl2N2S/c16-14-8-11(15(17)20-14)12(18)7-9-5-6-19-13-4-2-1-3-10(9)13/h1-6,8,12H,7,18H2. The summed E-state index contributed by atoms with van der Waals surface area (Å²) in [5.74, 6) is 0. The lowest BCUT2D eigenvalue weighted by atomic mass is 9.99. The molecule has 0 aliphatic carbocycles. The summed E-state index contributed by atoms with van der Waals surface area (Å²) in [7, 11) is 0. The van der Waals surface area contributed by atoms with Gasteiger partial charge in [0, 0.05) is 23.2 Å². The molecule has 3 aromatic rings. The smallest absolute Gasteiger partial charge is 0.0992 e. The van der Waals surface area contributed by atoms with E-state index < -0.39 is 0 Å². The van der Waals surface area contributed by atoms with Crippen LogP contribution in [0.25, 0.3) is 10.9 Å². The van der Waals surface area contributed by atoms with Crippen molar-refractivity contribution in [1.29, 1.82) is 0 Å². The van der Waals surface area contributed by atoms with E-state index in [1.165, 1.54) is 16.9 Å². The second-order valence-corrected chi connectivity index (χ2v) is 6.86. The molecule has 0 saturated carbocycles. The molecule has 1 unspecified atom stereocenters. The van der Waals surface area contributed by atoms with Gasteiger partial charge in [-0.3, -0.25) is 4.98 Å². The minimum absolute atomic E-state index is 0.169. The highest BCUT2D eigenvalue weighted by molar-refractivity contribution is 7.20. The first-order chi connectivity index (χ1) is 9.65. The number of halogens is 2. The number of para-hydroxylation sites is 1. The predicted molar refractivity (Wildman–Crippen MR) is 86.7 cm³/mol. The summed E-state index contributed by atoms with van der Waals surface area (Å²) in [4.78, 5) is 4.36. The van der Waals surface area contributed by atoms with Gasteiger partial charge in [0.05, 0.1) is 14.2 Å². The van der Waals surface area contributed by atoms with Crippen LogP contribution in [0.1, 0.15) is 17.2 Å². The molecule has 5 heteroatoms. The lowest BCUT2D eigenvalue weighted by Gasteiger charge is -2.12. The van der Waals surface area contributed by atoms with E-state index in [-0.39, 0.29) is 6.04 Å². The van der Waals surface area contributed by atoms with Gasteiger partial charge in [0.1, 0.15) is 0 Å². The molecule has 0 bridgehead atoms. The highest BCUT2D eigenvalue weighted by Crippen LogP contribution is 2.35. The maximum Gasteiger partial charge on any atom is 0.0992 e. The van der Waals surface area contributed by atoms with Crippen LogP contribution in [0.2, 0.25) is 8.67 Å². The average molecular weight is 323 g/mol. The Bertz CT molecular complexity index is 749. The quantitative estimate of drug-likeness (QED) is 0.748. The van der Waals surface area contributed by atoms with Gasteiger partial charge in [-0.25, -0.2) is 0 Å². The molecule has 2 N–H and O–H groups in total. The van der Waals surface area contributed by atoms with Crippen molar-refractivity contribution in [2.45, 2.75) is 12.5 Å². The summed E-state index contributed by atoms with van der Waals surface area (Å²) in [5, 5.41) is 1.13. The van der Waals surface area contributed by atoms with Gasteiger partial charge in [-0.05, 0) is 30.2 Å². The van der Waals surface area contributed by atoms with Crippen LogP contribution in [-0.4, -0.2) is 4.98 Å². The molecule has 20 heavy (non-hydrogen) atoms. The van der Waals surface area contributed by atoms with Crippen LogP contribution in [0.5, 0.6) is 0 Å². The van der Waals surface area contributed by atoms with Gasteiger partial charge in [-0.1, -0.05) is 41.4 Å². The number of aromatic nitrogens is 1. The van der Waals surface area contributed by atoms with Crippen LogP contribution < -0.4 is 5.73 Å². The maximum absolute atomic E-state index is 6.28. The normalized spacial score (nSPS) is 12.8. The van der Waals surface area contributed by atoms with Crippen molar-refractivity contribution < 1.29 is 0 Å². The van der Waals surface area contributed by atoms with Crippen molar-refractivity contribution in [2.75, 3.05) is 0 Å². The molecular weight excluding hydrogens is 311 g/mol. The van der Waals surface area contributed by atoms with Crippen LogP contribution in [-0.2, 0) is 6.42 Å². The summed E-state index contributed by atoms with van der Waals surface area (Å²) in [6.45, 7) is 0. The van der Waals surface area contributed by atoms with Gasteiger partial charge in [0.25, 0.3) is 0 Å². The molecule has 2 aromatic heterocycles. The molecule has 1 atom stereocenters. The second kappa shape index (κ2) is 5.70. The first-order valence-electron chi connectivity index (χ1n) is 6.18. The number of nitrogens with zero attached hydrogens (tertiary/aromatic N) is 1. The van der Waals surface area contributed by atoms with Gasteiger partial charge >= 0.3 is 0 Å². The number of benzene rings is 1. The maximum atomic E-state index is 6.28. The lowest BCUT2D eigenvalue weighted by Crippen LogP contribution is -2.13. The summed E-state index contributed by atoms with van der Waals surface area (Å²) >= 11 is 13.5. The van der Waals surface area contributed by atoms with Crippen molar-refractivity contribution >= 4 is 45.4 Å². The molecule has 0 aliphatic rings. The molecule has 0 fully saturated rings. The van der Waals surface area contributed by atoms with Crippen LogP contribution in [0, 0.1) is 0 Å². The van der Waals surface area contributed by atoms with Crippen molar-refractivity contribution in [3.63, 3.8) is 0 Å². The van der Waals surface area contributed by atoms with Crippen molar-refractivity contribution in [1.82, 2.24) is 4.98 Å². The molecule has 0 amide bonds. The van der Waals surface area contributed by atoms with E-state index in [0.29, 0.717) is 15.1 Å². The van der Waals surface area contributed by atoms with Gasteiger partial charge in [0.2, 0.25) is 0 Å². The number of pyridine rings is 1. The highest BCUT2D eigenvalue weighted by Gasteiger charge is 2.15. The van der Waals surface area contributed by atoms with Gasteiger partial charge in [-0.15, -0.1) is 11.3 Å². The Morgan fingerprint density at radius 3 is 2.75 bits per heavy atom. The van der Waals surface area contributed by atoms with Crippen molar-refractivity contribution in [3.8, 4) is 0 Å². The van der Waals surface area contributed by atoms with E-state index in [0.717, 1.165) is 16.5 Å². The monoisotopic (exact) mass is 322 g/mol. The zero-order valence-corrected chi connectivity index (χ0v) is 12.8. The largest absolute Gasteiger partial charge is 0.324 e. The minimum atomic E-state index is -0.169. The van der Waals surface area contributed by atoms with Crippen molar-refractivity contribution in [2.24, 2.45) is 5.73 Å². The van der Waals surface area contributed by atoms with Gasteiger partial charge in [0.15, 0.2) is 0 Å². The zero-order chi connectivity index (χ0) is 14.1. The summed E-state index contributed by atoms with van der Waals surface area (Å²) in [5.41, 5.74) is 9.33. The molecule has 0 aliphatic heterocycles. The Kier molecular flexibility index (Phi) is 3.94. The average Bonchev–Trinajstić information content (AvgIpc) is 2.78. The molecular formula is C15H12Cl2N2S. The Balaban J connectivity index is 1.95. The number of rotatable bonds is 3. The Hall–Kier alpha value is -1.13. The zero-order valence-electron chi connectivity index (χ0n) is 10.5. The van der Waals surface area contributed by atoms with E-state index in [1.807, 2.05) is 36.5 Å². The fourth-order valence-electron chi connectivity index (χ4n) is 2.29. The van der Waals surface area contributed by atoms with E-state index >= 15 is 0 Å². The van der Waals surface area contributed by atoms with Crippen LogP contribution in [0.4, 0.5) is 0 Å². The number of thiophene rings is 1. The second-order valence-electron chi connectivity index (χ2n) is 4.58. The number of hydrogen-bond acceptors (Lipinski definition) is 3. The van der Waals surface area contributed by atoms with E-state index in [1.54, 1.807) is 0 Å². The first-order valence-corrected chi connectivity index (χ1v) is 7.75. The summed E-state index contributed by atoms with van der Waals surface area (Å²) in [6.07, 6.45) is 2.52. The summed E-state index contributed by atoms with van der Waals surface area (Å²) < 4.78 is 1.33. The third-order valence-electron chi connectivity index (χ3n) is 3.26. The highest BCUT2D eigenvalue weighted by atomic mass is 35.5. The number of nitrogens with two attached hydrogens (primary N) is 1. The Labute approximate surface area is 131 Å². The van der Waals surface area contributed by atoms with Crippen LogP contribution in [0.15, 0.2) is 42.6 Å². The SMILES string of the molecule is NC(Cc1ccnc2ccccc12)c1cc(Cl)sc1Cl. The Morgan fingerprint density at radius 2 is 2.00 bits per heavy atom.